The van der Waals surface area contributed by atoms with Gasteiger partial charge in [-0.1, -0.05) is 29.5 Å². The van der Waals surface area contributed by atoms with Gasteiger partial charge in [0.15, 0.2) is 0 Å². The van der Waals surface area contributed by atoms with E-state index in [9.17, 15) is 0 Å². The van der Waals surface area contributed by atoms with Crippen LogP contribution in [-0.2, 0) is 6.54 Å². The Morgan fingerprint density at radius 3 is 2.32 bits per heavy atom. The maximum atomic E-state index is 5.57. The van der Waals surface area contributed by atoms with Gasteiger partial charge in [0.05, 0.1) is 0 Å². The first-order valence-electron chi connectivity index (χ1n) is 6.44. The van der Waals surface area contributed by atoms with Crippen molar-refractivity contribution in [2.45, 2.75) is 6.54 Å². The monoisotopic (exact) mass is 275 g/mol. The molecule has 19 heavy (non-hydrogen) atoms. The standard InChI is InChI=1S/C13H17N5S/c14-10-12-15-16-13(19-12)18-8-6-17(7-9-18)11-4-2-1-3-5-11/h1-5H,6-10,14H2. The van der Waals surface area contributed by atoms with E-state index >= 15 is 0 Å². The van der Waals surface area contributed by atoms with Crippen LogP contribution in [0.15, 0.2) is 30.3 Å². The number of aromatic nitrogens is 2. The topological polar surface area (TPSA) is 58.3 Å². The summed E-state index contributed by atoms with van der Waals surface area (Å²) in [4.78, 5) is 4.69. The van der Waals surface area contributed by atoms with Crippen molar-refractivity contribution in [3.63, 3.8) is 0 Å². The normalized spacial score (nSPS) is 15.8. The molecule has 1 aromatic heterocycles. The van der Waals surface area contributed by atoms with Crippen molar-refractivity contribution >= 4 is 22.2 Å². The van der Waals surface area contributed by atoms with Crippen molar-refractivity contribution < 1.29 is 0 Å². The van der Waals surface area contributed by atoms with Gasteiger partial charge < -0.3 is 15.5 Å². The van der Waals surface area contributed by atoms with Gasteiger partial charge in [-0.3, -0.25) is 0 Å². The molecule has 2 N–H and O–H groups in total. The van der Waals surface area contributed by atoms with Crippen LogP contribution in [0.5, 0.6) is 0 Å². The van der Waals surface area contributed by atoms with E-state index in [1.54, 1.807) is 11.3 Å². The number of benzene rings is 1. The van der Waals surface area contributed by atoms with Crippen molar-refractivity contribution in [1.29, 1.82) is 0 Å². The average Bonchev–Trinajstić information content (AvgIpc) is 2.97. The van der Waals surface area contributed by atoms with Crippen LogP contribution in [-0.4, -0.2) is 36.4 Å². The number of hydrogen-bond donors (Lipinski definition) is 1. The molecule has 0 radical (unpaired) electrons. The molecule has 1 fully saturated rings. The molecule has 3 rings (SSSR count). The molecule has 2 heterocycles. The highest BCUT2D eigenvalue weighted by Gasteiger charge is 2.19. The molecule has 0 aliphatic carbocycles. The van der Waals surface area contributed by atoms with Gasteiger partial charge in [-0.15, -0.1) is 10.2 Å². The van der Waals surface area contributed by atoms with Crippen LogP contribution in [0, 0.1) is 0 Å². The van der Waals surface area contributed by atoms with E-state index in [4.69, 9.17) is 5.73 Å². The van der Waals surface area contributed by atoms with E-state index in [-0.39, 0.29) is 0 Å². The fourth-order valence-electron chi connectivity index (χ4n) is 2.25. The van der Waals surface area contributed by atoms with Crippen LogP contribution in [0.1, 0.15) is 5.01 Å². The molecule has 0 unspecified atom stereocenters. The van der Waals surface area contributed by atoms with Gasteiger partial charge in [-0.2, -0.15) is 0 Å². The second kappa shape index (κ2) is 5.54. The Labute approximate surface area is 116 Å². The minimum atomic E-state index is 0.474. The minimum absolute atomic E-state index is 0.474. The van der Waals surface area contributed by atoms with Crippen LogP contribution in [0.3, 0.4) is 0 Å². The van der Waals surface area contributed by atoms with Crippen LogP contribution >= 0.6 is 11.3 Å². The largest absolute Gasteiger partial charge is 0.368 e. The molecule has 0 spiro atoms. The molecule has 1 saturated heterocycles. The highest BCUT2D eigenvalue weighted by atomic mass is 32.1. The van der Waals surface area contributed by atoms with Crippen molar-refractivity contribution in [3.05, 3.63) is 35.3 Å². The summed E-state index contributed by atoms with van der Waals surface area (Å²) >= 11 is 1.60. The van der Waals surface area contributed by atoms with Gasteiger partial charge >= 0.3 is 0 Å². The molecule has 0 atom stereocenters. The zero-order valence-electron chi connectivity index (χ0n) is 10.7. The summed E-state index contributed by atoms with van der Waals surface area (Å²) in [6.07, 6.45) is 0. The van der Waals surface area contributed by atoms with Gasteiger partial charge in [0.2, 0.25) is 5.13 Å². The first-order chi connectivity index (χ1) is 9.36. The van der Waals surface area contributed by atoms with E-state index in [1.165, 1.54) is 5.69 Å². The van der Waals surface area contributed by atoms with Crippen molar-refractivity contribution in [3.8, 4) is 0 Å². The van der Waals surface area contributed by atoms with E-state index in [2.05, 4.69) is 50.3 Å². The molecular weight excluding hydrogens is 258 g/mol. The van der Waals surface area contributed by atoms with E-state index < -0.39 is 0 Å². The van der Waals surface area contributed by atoms with Gasteiger partial charge in [-0.05, 0) is 12.1 Å². The summed E-state index contributed by atoms with van der Waals surface area (Å²) < 4.78 is 0. The molecule has 100 valence electrons. The Morgan fingerprint density at radius 2 is 1.68 bits per heavy atom. The molecule has 0 saturated carbocycles. The summed E-state index contributed by atoms with van der Waals surface area (Å²) in [5, 5.41) is 10.2. The first-order valence-corrected chi connectivity index (χ1v) is 7.26. The highest BCUT2D eigenvalue weighted by Crippen LogP contribution is 2.23. The number of nitrogens with two attached hydrogens (primary N) is 1. The van der Waals surface area contributed by atoms with Crippen LogP contribution in [0.2, 0.25) is 0 Å². The summed E-state index contributed by atoms with van der Waals surface area (Å²) in [6, 6.07) is 10.5. The lowest BCUT2D eigenvalue weighted by Gasteiger charge is -2.35. The molecule has 2 aromatic rings. The summed E-state index contributed by atoms with van der Waals surface area (Å²) in [5.41, 5.74) is 6.87. The second-order valence-corrected chi connectivity index (χ2v) is 5.53. The van der Waals surface area contributed by atoms with Crippen LogP contribution in [0.4, 0.5) is 10.8 Å². The van der Waals surface area contributed by atoms with Crippen molar-refractivity contribution in [2.24, 2.45) is 5.73 Å². The number of piperazine rings is 1. The SMILES string of the molecule is NCc1nnc(N2CCN(c3ccccc3)CC2)s1. The average molecular weight is 275 g/mol. The lowest BCUT2D eigenvalue weighted by Crippen LogP contribution is -2.46. The summed E-state index contributed by atoms with van der Waals surface area (Å²) in [7, 11) is 0. The molecule has 5 nitrogen and oxygen atoms in total. The first kappa shape index (κ1) is 12.4. The van der Waals surface area contributed by atoms with Crippen molar-refractivity contribution in [1.82, 2.24) is 10.2 Å². The number of hydrogen-bond acceptors (Lipinski definition) is 6. The summed E-state index contributed by atoms with van der Waals surface area (Å²) in [6.45, 7) is 4.47. The predicted molar refractivity (Wildman–Crippen MR) is 78.7 cm³/mol. The Balaban J connectivity index is 1.63. The van der Waals surface area contributed by atoms with Gasteiger partial charge in [0.25, 0.3) is 0 Å². The maximum Gasteiger partial charge on any atom is 0.208 e. The third-order valence-corrected chi connectivity index (χ3v) is 4.31. The second-order valence-electron chi connectivity index (χ2n) is 4.49. The molecule has 0 bridgehead atoms. The highest BCUT2D eigenvalue weighted by molar-refractivity contribution is 7.15. The third-order valence-electron chi connectivity index (χ3n) is 3.30. The molecule has 1 aliphatic heterocycles. The van der Waals surface area contributed by atoms with E-state index in [0.29, 0.717) is 6.54 Å². The third kappa shape index (κ3) is 2.69. The fourth-order valence-corrected chi connectivity index (χ4v) is 3.02. The number of para-hydroxylation sites is 1. The summed E-state index contributed by atoms with van der Waals surface area (Å²) in [5.74, 6) is 0. The molecule has 1 aromatic carbocycles. The van der Waals surface area contributed by atoms with Gasteiger partial charge in [-0.25, -0.2) is 0 Å². The maximum absolute atomic E-state index is 5.57. The Kier molecular flexibility index (Phi) is 3.61. The Bertz CT molecular complexity index is 519. The Hall–Kier alpha value is -1.66. The van der Waals surface area contributed by atoms with E-state index in [0.717, 1.165) is 36.3 Å². The number of anilines is 2. The van der Waals surface area contributed by atoms with Gasteiger partial charge in [0.1, 0.15) is 5.01 Å². The molecule has 1 aliphatic rings. The zero-order valence-corrected chi connectivity index (χ0v) is 11.5. The lowest BCUT2D eigenvalue weighted by atomic mass is 10.2. The number of nitrogens with zero attached hydrogens (tertiary/aromatic N) is 4. The molecule has 0 amide bonds. The van der Waals surface area contributed by atoms with Crippen molar-refractivity contribution in [2.75, 3.05) is 36.0 Å². The van der Waals surface area contributed by atoms with E-state index in [1.807, 2.05) is 0 Å². The quantitative estimate of drug-likeness (QED) is 0.915. The molecular formula is C13H17N5S. The zero-order chi connectivity index (χ0) is 13.1. The minimum Gasteiger partial charge on any atom is -0.368 e. The van der Waals surface area contributed by atoms with Crippen LogP contribution < -0.4 is 15.5 Å². The molecule has 6 heteroatoms. The number of rotatable bonds is 3. The Morgan fingerprint density at radius 1 is 1.00 bits per heavy atom. The van der Waals surface area contributed by atoms with Crippen LogP contribution in [0.25, 0.3) is 0 Å². The predicted octanol–water partition coefficient (Wildman–Crippen LogP) is 1.32. The fraction of sp³-hybridized carbons (Fsp3) is 0.385. The smallest absolute Gasteiger partial charge is 0.208 e. The van der Waals surface area contributed by atoms with Gasteiger partial charge in [0, 0.05) is 38.4 Å². The lowest BCUT2D eigenvalue weighted by molar-refractivity contribution is 0.649.